The Morgan fingerprint density at radius 1 is 1.11 bits per heavy atom. The van der Waals surface area contributed by atoms with Gasteiger partial charge in [-0.25, -0.2) is 0 Å². The summed E-state index contributed by atoms with van der Waals surface area (Å²) in [5, 5.41) is 0.961. The first-order valence-corrected chi connectivity index (χ1v) is 9.55. The van der Waals surface area contributed by atoms with Crippen LogP contribution in [0.3, 0.4) is 0 Å². The molecule has 0 radical (unpaired) electrons. The number of likely N-dealkylation sites (tertiary alicyclic amines) is 1. The van der Waals surface area contributed by atoms with E-state index in [1.807, 2.05) is 40.9 Å². The van der Waals surface area contributed by atoms with Crippen LogP contribution in [0, 0.1) is 6.92 Å². The van der Waals surface area contributed by atoms with E-state index in [0.717, 1.165) is 48.1 Å². The molecule has 1 aliphatic heterocycles. The zero-order valence-electron chi connectivity index (χ0n) is 16.2. The Kier molecular flexibility index (Phi) is 4.65. The van der Waals surface area contributed by atoms with Crippen molar-refractivity contribution in [1.82, 2.24) is 9.47 Å². The number of aromatic nitrogens is 1. The van der Waals surface area contributed by atoms with Crippen molar-refractivity contribution < 1.29 is 9.53 Å². The fourth-order valence-corrected chi connectivity index (χ4v) is 4.18. The van der Waals surface area contributed by atoms with Gasteiger partial charge in [-0.05, 0) is 49.4 Å². The van der Waals surface area contributed by atoms with Gasteiger partial charge in [0.25, 0.3) is 5.91 Å². The molecule has 4 nitrogen and oxygen atoms in total. The Morgan fingerprint density at radius 3 is 2.59 bits per heavy atom. The van der Waals surface area contributed by atoms with E-state index in [2.05, 4.69) is 31.2 Å². The van der Waals surface area contributed by atoms with Crippen LogP contribution in [0.4, 0.5) is 0 Å². The molecule has 0 bridgehead atoms. The number of carbonyl (C=O) groups is 1. The van der Waals surface area contributed by atoms with Crippen LogP contribution in [0.25, 0.3) is 10.9 Å². The number of hydrogen-bond acceptors (Lipinski definition) is 2. The van der Waals surface area contributed by atoms with Gasteiger partial charge in [-0.3, -0.25) is 4.79 Å². The van der Waals surface area contributed by atoms with E-state index < -0.39 is 0 Å². The molecule has 0 N–H and O–H groups in total. The van der Waals surface area contributed by atoms with Gasteiger partial charge in [-0.1, -0.05) is 29.8 Å². The van der Waals surface area contributed by atoms with Gasteiger partial charge >= 0.3 is 0 Å². The number of hydrogen-bond donors (Lipinski definition) is 0. The summed E-state index contributed by atoms with van der Waals surface area (Å²) in [5.41, 5.74) is 4.52. The number of nitrogens with zero attached hydrogens (tertiary/aromatic N) is 2. The van der Waals surface area contributed by atoms with Gasteiger partial charge in [0, 0.05) is 37.2 Å². The number of amides is 1. The molecule has 1 amide bonds. The second-order valence-electron chi connectivity index (χ2n) is 7.52. The molecule has 27 heavy (non-hydrogen) atoms. The van der Waals surface area contributed by atoms with E-state index in [4.69, 9.17) is 4.74 Å². The van der Waals surface area contributed by atoms with Crippen LogP contribution in [-0.4, -0.2) is 35.6 Å². The lowest BCUT2D eigenvalue weighted by Crippen LogP contribution is -2.37. The highest BCUT2D eigenvalue weighted by atomic mass is 16.5. The lowest BCUT2D eigenvalue weighted by atomic mass is 9.88. The first-order chi connectivity index (χ1) is 13.1. The molecule has 0 unspecified atom stereocenters. The maximum Gasteiger partial charge on any atom is 0.256 e. The van der Waals surface area contributed by atoms with Gasteiger partial charge in [0.15, 0.2) is 0 Å². The van der Waals surface area contributed by atoms with Gasteiger partial charge in [0.2, 0.25) is 0 Å². The van der Waals surface area contributed by atoms with Gasteiger partial charge in [-0.15, -0.1) is 0 Å². The SMILES string of the molecule is COc1ccc2c(c1)c(C(=O)N1CCC(c3cccc(C)c3)CC1)cn2C. The molecule has 2 aromatic carbocycles. The summed E-state index contributed by atoms with van der Waals surface area (Å²) in [5.74, 6) is 1.44. The van der Waals surface area contributed by atoms with Gasteiger partial charge in [-0.2, -0.15) is 0 Å². The normalized spacial score (nSPS) is 15.3. The lowest BCUT2D eigenvalue weighted by Gasteiger charge is -2.32. The highest BCUT2D eigenvalue weighted by molar-refractivity contribution is 6.07. The topological polar surface area (TPSA) is 34.5 Å². The molecule has 1 fully saturated rings. The van der Waals surface area contributed by atoms with Crippen molar-refractivity contribution in [2.75, 3.05) is 20.2 Å². The molecule has 0 saturated carbocycles. The van der Waals surface area contributed by atoms with Crippen molar-refractivity contribution >= 4 is 16.8 Å². The summed E-state index contributed by atoms with van der Waals surface area (Å²) < 4.78 is 7.37. The van der Waals surface area contributed by atoms with Crippen LogP contribution in [0.5, 0.6) is 5.75 Å². The molecule has 0 atom stereocenters. The third kappa shape index (κ3) is 3.32. The summed E-state index contributed by atoms with van der Waals surface area (Å²) in [6, 6.07) is 14.7. The third-order valence-corrected chi connectivity index (χ3v) is 5.72. The fraction of sp³-hybridized carbons (Fsp3) is 0.348. The molecule has 0 aliphatic carbocycles. The smallest absolute Gasteiger partial charge is 0.256 e. The Hall–Kier alpha value is -2.75. The minimum absolute atomic E-state index is 0.122. The number of fused-ring (bicyclic) bond motifs is 1. The van der Waals surface area contributed by atoms with Gasteiger partial charge in [0.05, 0.1) is 12.7 Å². The summed E-state index contributed by atoms with van der Waals surface area (Å²) in [6.07, 6.45) is 3.98. The molecule has 1 aliphatic rings. The van der Waals surface area contributed by atoms with Crippen LogP contribution in [0.1, 0.15) is 40.2 Å². The van der Waals surface area contributed by atoms with Crippen molar-refractivity contribution in [3.05, 3.63) is 65.4 Å². The van der Waals surface area contributed by atoms with Crippen LogP contribution < -0.4 is 4.74 Å². The molecule has 0 spiro atoms. The summed E-state index contributed by atoms with van der Waals surface area (Å²) in [6.45, 7) is 3.74. The highest BCUT2D eigenvalue weighted by Gasteiger charge is 2.26. The molecular weight excluding hydrogens is 336 g/mol. The van der Waals surface area contributed by atoms with E-state index in [1.54, 1.807) is 7.11 Å². The molecule has 140 valence electrons. The quantitative estimate of drug-likeness (QED) is 0.687. The number of piperidine rings is 1. The summed E-state index contributed by atoms with van der Waals surface area (Å²) in [4.78, 5) is 15.2. The largest absolute Gasteiger partial charge is 0.497 e. The molecule has 1 saturated heterocycles. The van der Waals surface area contributed by atoms with Crippen molar-refractivity contribution in [1.29, 1.82) is 0 Å². The minimum Gasteiger partial charge on any atom is -0.497 e. The predicted octanol–water partition coefficient (Wildman–Crippen LogP) is 4.52. The van der Waals surface area contributed by atoms with E-state index in [0.29, 0.717) is 5.92 Å². The molecule has 3 aromatic rings. The molecule has 2 heterocycles. The number of benzene rings is 2. The highest BCUT2D eigenvalue weighted by Crippen LogP contribution is 2.31. The average molecular weight is 362 g/mol. The number of ether oxygens (including phenoxy) is 1. The second kappa shape index (κ2) is 7.10. The number of aryl methyl sites for hydroxylation is 2. The number of rotatable bonds is 3. The second-order valence-corrected chi connectivity index (χ2v) is 7.52. The monoisotopic (exact) mass is 362 g/mol. The lowest BCUT2D eigenvalue weighted by molar-refractivity contribution is 0.0715. The van der Waals surface area contributed by atoms with E-state index in [-0.39, 0.29) is 5.91 Å². The Morgan fingerprint density at radius 2 is 1.89 bits per heavy atom. The maximum absolute atomic E-state index is 13.2. The standard InChI is InChI=1S/C23H26N2O2/c1-16-5-4-6-18(13-16)17-9-11-25(12-10-17)23(26)21-15-24(2)22-8-7-19(27-3)14-20(21)22/h4-8,13-15,17H,9-12H2,1-3H3. The molecule has 4 rings (SSSR count). The van der Waals surface area contributed by atoms with Crippen LogP contribution in [-0.2, 0) is 7.05 Å². The van der Waals surface area contributed by atoms with E-state index in [9.17, 15) is 4.79 Å². The average Bonchev–Trinajstić information content (AvgIpc) is 3.03. The van der Waals surface area contributed by atoms with Crippen molar-refractivity contribution in [2.24, 2.45) is 7.05 Å². The van der Waals surface area contributed by atoms with Gasteiger partial charge < -0.3 is 14.2 Å². The zero-order chi connectivity index (χ0) is 19.0. The maximum atomic E-state index is 13.2. The van der Waals surface area contributed by atoms with Crippen LogP contribution >= 0.6 is 0 Å². The Labute approximate surface area is 160 Å². The molecular formula is C23H26N2O2. The first kappa shape index (κ1) is 17.7. The predicted molar refractivity (Wildman–Crippen MR) is 109 cm³/mol. The summed E-state index contributed by atoms with van der Waals surface area (Å²) >= 11 is 0. The van der Waals surface area contributed by atoms with Crippen LogP contribution in [0.2, 0.25) is 0 Å². The molecule has 4 heteroatoms. The van der Waals surface area contributed by atoms with Crippen molar-refractivity contribution in [3.8, 4) is 5.75 Å². The first-order valence-electron chi connectivity index (χ1n) is 9.55. The van der Waals surface area contributed by atoms with E-state index in [1.165, 1.54) is 11.1 Å². The third-order valence-electron chi connectivity index (χ3n) is 5.72. The Bertz CT molecular complexity index is 981. The summed E-state index contributed by atoms with van der Waals surface area (Å²) in [7, 11) is 3.64. The van der Waals surface area contributed by atoms with Crippen molar-refractivity contribution in [3.63, 3.8) is 0 Å². The Balaban J connectivity index is 1.54. The van der Waals surface area contributed by atoms with Gasteiger partial charge in [0.1, 0.15) is 5.75 Å². The zero-order valence-corrected chi connectivity index (χ0v) is 16.2. The van der Waals surface area contributed by atoms with Crippen LogP contribution in [0.15, 0.2) is 48.7 Å². The minimum atomic E-state index is 0.122. The number of carbonyl (C=O) groups excluding carboxylic acids is 1. The van der Waals surface area contributed by atoms with E-state index >= 15 is 0 Å². The molecule has 1 aromatic heterocycles. The number of methoxy groups -OCH3 is 1. The fourth-order valence-electron chi connectivity index (χ4n) is 4.18. The van der Waals surface area contributed by atoms with Crippen molar-refractivity contribution in [2.45, 2.75) is 25.7 Å².